The Kier molecular flexibility index (Phi) is 6.62. The molecule has 0 fully saturated rings. The fourth-order valence-corrected chi connectivity index (χ4v) is 7.80. The van der Waals surface area contributed by atoms with Gasteiger partial charge in [0.2, 0.25) is 5.13 Å². The van der Waals surface area contributed by atoms with Gasteiger partial charge in [0.05, 0.1) is 25.3 Å². The van der Waals surface area contributed by atoms with Crippen molar-refractivity contribution >= 4 is 48.5 Å². The maximum atomic E-state index is 13.6. The highest BCUT2D eigenvalue weighted by Crippen LogP contribution is 2.34. The molecule has 1 aromatic heterocycles. The molecule has 3 rings (SSSR count). The lowest BCUT2D eigenvalue weighted by Gasteiger charge is -2.23. The second kappa shape index (κ2) is 9.06. The zero-order valence-electron chi connectivity index (χ0n) is 16.7. The average Bonchev–Trinajstić information content (AvgIpc) is 3.31. The van der Waals surface area contributed by atoms with Gasteiger partial charge < -0.3 is 9.47 Å². The summed E-state index contributed by atoms with van der Waals surface area (Å²) in [5, 5.41) is 0.968. The molecular formula is C19H16N2O8S3. The van der Waals surface area contributed by atoms with E-state index in [1.165, 1.54) is 48.0 Å². The largest absolute Gasteiger partial charge is 0.465 e. The van der Waals surface area contributed by atoms with E-state index in [4.69, 9.17) is 0 Å². The SMILES string of the molecule is COC(=O)c1ccccc1S(=O)(=O)N(c1nccs1)S(=O)(=O)c1ccccc1C(=O)OC. The fourth-order valence-electron chi connectivity index (χ4n) is 2.76. The second-order valence-electron chi connectivity index (χ2n) is 6.00. The summed E-state index contributed by atoms with van der Waals surface area (Å²) in [4.78, 5) is 26.9. The predicted octanol–water partition coefficient (Wildman–Crippen LogP) is 2.30. The van der Waals surface area contributed by atoms with Crippen molar-refractivity contribution in [1.82, 2.24) is 4.98 Å². The Morgan fingerprint density at radius 3 is 1.62 bits per heavy atom. The molecule has 13 heteroatoms. The van der Waals surface area contributed by atoms with Gasteiger partial charge in [-0.1, -0.05) is 24.3 Å². The third kappa shape index (κ3) is 4.09. The summed E-state index contributed by atoms with van der Waals surface area (Å²) >= 11 is 0.738. The first-order valence-corrected chi connectivity index (χ1v) is 12.5. The molecule has 0 aliphatic rings. The summed E-state index contributed by atoms with van der Waals surface area (Å²) in [5.41, 5.74) is -0.735. The number of hydrogen-bond donors (Lipinski definition) is 0. The van der Waals surface area contributed by atoms with Crippen LogP contribution in [-0.4, -0.2) is 48.0 Å². The molecule has 0 saturated heterocycles. The van der Waals surface area contributed by atoms with Crippen LogP contribution in [0.5, 0.6) is 0 Å². The highest BCUT2D eigenvalue weighted by Gasteiger charge is 2.42. The van der Waals surface area contributed by atoms with Gasteiger partial charge in [-0.3, -0.25) is 0 Å². The highest BCUT2D eigenvalue weighted by atomic mass is 32.3. The number of nitrogens with zero attached hydrogens (tertiary/aromatic N) is 2. The van der Waals surface area contributed by atoms with Gasteiger partial charge in [-0.25, -0.2) is 14.6 Å². The number of carbonyl (C=O) groups excluding carboxylic acids is 2. The number of benzene rings is 2. The van der Waals surface area contributed by atoms with Crippen LogP contribution in [0.15, 0.2) is 69.9 Å². The molecule has 0 saturated carbocycles. The van der Waals surface area contributed by atoms with Crippen molar-refractivity contribution in [2.24, 2.45) is 0 Å². The van der Waals surface area contributed by atoms with E-state index in [9.17, 15) is 26.4 Å². The van der Waals surface area contributed by atoms with Gasteiger partial charge in [0.15, 0.2) is 0 Å². The number of anilines is 1. The quantitative estimate of drug-likeness (QED) is 0.451. The number of esters is 2. The third-order valence-corrected chi connectivity index (χ3v) is 9.36. The number of ether oxygens (including phenoxy) is 2. The molecule has 0 spiro atoms. The average molecular weight is 497 g/mol. The normalized spacial score (nSPS) is 11.6. The van der Waals surface area contributed by atoms with Crippen molar-refractivity contribution in [2.45, 2.75) is 9.79 Å². The van der Waals surface area contributed by atoms with Crippen LogP contribution in [0.1, 0.15) is 20.7 Å². The first kappa shape index (κ1) is 23.4. The zero-order chi connectivity index (χ0) is 23.5. The lowest BCUT2D eigenvalue weighted by atomic mass is 10.2. The highest BCUT2D eigenvalue weighted by molar-refractivity contribution is 8.10. The fraction of sp³-hybridized carbons (Fsp3) is 0.105. The molecule has 0 amide bonds. The molecule has 1 heterocycles. The molecule has 0 atom stereocenters. The molecule has 32 heavy (non-hydrogen) atoms. The Labute approximate surface area is 188 Å². The van der Waals surface area contributed by atoms with E-state index in [0.29, 0.717) is 0 Å². The maximum Gasteiger partial charge on any atom is 0.339 e. The van der Waals surface area contributed by atoms with Crippen molar-refractivity contribution in [3.8, 4) is 0 Å². The summed E-state index contributed by atoms with van der Waals surface area (Å²) in [6.45, 7) is 0. The molecule has 0 aliphatic carbocycles. The number of sulfonamides is 2. The molecule has 0 N–H and O–H groups in total. The summed E-state index contributed by atoms with van der Waals surface area (Å²) < 4.78 is 63.9. The number of methoxy groups -OCH3 is 2. The van der Waals surface area contributed by atoms with Crippen LogP contribution in [-0.2, 0) is 29.5 Å². The van der Waals surface area contributed by atoms with E-state index >= 15 is 0 Å². The van der Waals surface area contributed by atoms with Crippen LogP contribution in [0.3, 0.4) is 0 Å². The molecule has 0 bridgehead atoms. The Morgan fingerprint density at radius 2 is 1.25 bits per heavy atom. The number of rotatable bonds is 7. The Bertz CT molecular complexity index is 1280. The van der Waals surface area contributed by atoms with Crippen LogP contribution in [0, 0.1) is 0 Å². The summed E-state index contributed by atoms with van der Waals surface area (Å²) in [5.74, 6) is -1.95. The van der Waals surface area contributed by atoms with Crippen molar-refractivity contribution in [2.75, 3.05) is 17.9 Å². The van der Waals surface area contributed by atoms with Gasteiger partial charge in [-0.2, -0.15) is 16.8 Å². The number of hydrogen-bond acceptors (Lipinski definition) is 10. The maximum absolute atomic E-state index is 13.6. The van der Waals surface area contributed by atoms with Crippen molar-refractivity contribution < 1.29 is 35.9 Å². The molecular weight excluding hydrogens is 480 g/mol. The zero-order valence-corrected chi connectivity index (χ0v) is 19.1. The Hall–Kier alpha value is -3.29. The van der Waals surface area contributed by atoms with Crippen molar-refractivity contribution in [1.29, 1.82) is 0 Å². The number of carbonyl (C=O) groups is 2. The van der Waals surface area contributed by atoms with E-state index in [0.717, 1.165) is 37.7 Å². The summed E-state index contributed by atoms with van der Waals surface area (Å²) in [7, 11) is -7.72. The van der Waals surface area contributed by atoms with E-state index in [1.807, 2.05) is 0 Å². The molecule has 0 unspecified atom stereocenters. The minimum Gasteiger partial charge on any atom is -0.465 e. The minimum atomic E-state index is -4.92. The molecule has 0 radical (unpaired) electrons. The van der Waals surface area contributed by atoms with Crippen LogP contribution < -0.4 is 3.71 Å². The topological polar surface area (TPSA) is 137 Å². The van der Waals surface area contributed by atoms with Gasteiger partial charge in [-0.05, 0) is 24.3 Å². The third-order valence-electron chi connectivity index (χ3n) is 4.15. The van der Waals surface area contributed by atoms with Crippen molar-refractivity contribution in [3.05, 3.63) is 71.2 Å². The number of aromatic nitrogens is 1. The van der Waals surface area contributed by atoms with Crippen molar-refractivity contribution in [3.63, 3.8) is 0 Å². The lowest BCUT2D eigenvalue weighted by molar-refractivity contribution is 0.0587. The van der Waals surface area contributed by atoms with E-state index in [-0.39, 0.29) is 14.8 Å². The summed E-state index contributed by atoms with van der Waals surface area (Å²) in [6.07, 6.45) is 1.22. The molecule has 168 valence electrons. The van der Waals surface area contributed by atoms with Gasteiger partial charge >= 0.3 is 11.9 Å². The van der Waals surface area contributed by atoms with E-state index in [2.05, 4.69) is 14.5 Å². The van der Waals surface area contributed by atoms with Gasteiger partial charge in [0, 0.05) is 11.6 Å². The molecule has 10 nitrogen and oxygen atoms in total. The van der Waals surface area contributed by atoms with Crippen LogP contribution >= 0.6 is 11.3 Å². The van der Waals surface area contributed by atoms with Crippen LogP contribution in [0.4, 0.5) is 5.13 Å². The molecule has 0 aliphatic heterocycles. The Morgan fingerprint density at radius 1 is 0.812 bits per heavy atom. The van der Waals surface area contributed by atoms with Gasteiger partial charge in [0.1, 0.15) is 9.79 Å². The predicted molar refractivity (Wildman–Crippen MR) is 115 cm³/mol. The van der Waals surface area contributed by atoms with Gasteiger partial charge in [-0.15, -0.1) is 15.0 Å². The first-order valence-electron chi connectivity index (χ1n) is 8.71. The first-order chi connectivity index (χ1) is 15.2. The van der Waals surface area contributed by atoms with Crippen LogP contribution in [0.25, 0.3) is 0 Å². The van der Waals surface area contributed by atoms with Crippen LogP contribution in [0.2, 0.25) is 0 Å². The monoisotopic (exact) mass is 496 g/mol. The van der Waals surface area contributed by atoms with Gasteiger partial charge in [0.25, 0.3) is 20.0 Å². The second-order valence-corrected chi connectivity index (χ2v) is 10.6. The Balaban J connectivity index is 2.32. The molecule has 3 aromatic rings. The number of thiazole rings is 1. The van der Waals surface area contributed by atoms with E-state index in [1.54, 1.807) is 0 Å². The van der Waals surface area contributed by atoms with E-state index < -0.39 is 46.9 Å². The summed E-state index contributed by atoms with van der Waals surface area (Å²) in [6, 6.07) is 9.98. The lowest BCUT2D eigenvalue weighted by Crippen LogP contribution is -2.38. The standard InChI is InChI=1S/C19H16N2O8S3/c1-28-17(22)13-7-3-5-9-15(13)31(24,25)21(19-20-11-12-30-19)32(26,27)16-10-6-4-8-14(16)18(23)29-2/h3-12H,1-2H3. The molecule has 2 aromatic carbocycles. The minimum absolute atomic E-state index is 0.0915. The smallest absolute Gasteiger partial charge is 0.339 e.